The molecule has 3 heteroatoms. The highest BCUT2D eigenvalue weighted by molar-refractivity contribution is 7.99. The minimum absolute atomic E-state index is 0.0529. The summed E-state index contributed by atoms with van der Waals surface area (Å²) in [6, 6.07) is 9.34. The molecule has 18 heavy (non-hydrogen) atoms. The second-order valence-corrected chi connectivity index (χ2v) is 6.09. The number of rotatable bonds is 7. The number of carbonyl (C=O) groups excluding carboxylic acids is 1. The van der Waals surface area contributed by atoms with Gasteiger partial charge in [0.25, 0.3) is 0 Å². The maximum atomic E-state index is 11.9. The zero-order chi connectivity index (χ0) is 13.4. The Morgan fingerprint density at radius 3 is 2.61 bits per heavy atom. The largest absolute Gasteiger partial charge is 0.388 e. The van der Waals surface area contributed by atoms with Crippen LogP contribution in [0.1, 0.15) is 31.1 Å². The van der Waals surface area contributed by atoms with Crippen molar-refractivity contribution in [2.45, 2.75) is 26.0 Å². The molecule has 0 amide bonds. The van der Waals surface area contributed by atoms with Gasteiger partial charge in [-0.2, -0.15) is 11.8 Å². The summed E-state index contributed by atoms with van der Waals surface area (Å²) in [7, 11) is 0. The Hall–Kier alpha value is -1.22. The Morgan fingerprint density at radius 2 is 2.00 bits per heavy atom. The number of hydrogen-bond donors (Lipinski definition) is 1. The van der Waals surface area contributed by atoms with E-state index in [1.54, 1.807) is 6.08 Å². The Balaban J connectivity index is 2.39. The Labute approximate surface area is 114 Å². The van der Waals surface area contributed by atoms with Crippen molar-refractivity contribution in [1.29, 1.82) is 0 Å². The molecule has 0 fully saturated rings. The number of thioether (sulfide) groups is 1. The molecule has 1 rings (SSSR count). The molecule has 2 nitrogen and oxygen atoms in total. The molecule has 0 aromatic heterocycles. The molecule has 1 N–H and O–H groups in total. The topological polar surface area (TPSA) is 29.1 Å². The van der Waals surface area contributed by atoms with Crippen LogP contribution in [0.25, 0.3) is 0 Å². The van der Waals surface area contributed by atoms with Crippen molar-refractivity contribution in [2.75, 3.05) is 12.3 Å². The van der Waals surface area contributed by atoms with E-state index < -0.39 is 0 Å². The number of benzene rings is 1. The van der Waals surface area contributed by atoms with Crippen molar-refractivity contribution >= 4 is 17.5 Å². The molecule has 0 unspecified atom stereocenters. The first-order chi connectivity index (χ1) is 8.59. The SMILES string of the molecule is CC(=CC(=O)c1ccccc1)NCCSC(C)C. The van der Waals surface area contributed by atoms with E-state index >= 15 is 0 Å². The minimum Gasteiger partial charge on any atom is -0.388 e. The van der Waals surface area contributed by atoms with E-state index in [9.17, 15) is 4.79 Å². The van der Waals surface area contributed by atoms with E-state index in [2.05, 4.69) is 19.2 Å². The Bertz CT molecular complexity index is 398. The fourth-order valence-electron chi connectivity index (χ4n) is 1.48. The third-order valence-corrected chi connectivity index (χ3v) is 3.47. The van der Waals surface area contributed by atoms with Crippen LogP contribution in [0.4, 0.5) is 0 Å². The summed E-state index contributed by atoms with van der Waals surface area (Å²) >= 11 is 1.91. The van der Waals surface area contributed by atoms with Crippen LogP contribution in [-0.4, -0.2) is 23.3 Å². The second kappa shape index (κ2) is 7.98. The highest BCUT2D eigenvalue weighted by Crippen LogP contribution is 2.07. The van der Waals surface area contributed by atoms with Crippen LogP contribution >= 0.6 is 11.8 Å². The lowest BCUT2D eigenvalue weighted by molar-refractivity contribution is 0.104. The Morgan fingerprint density at radius 1 is 1.33 bits per heavy atom. The highest BCUT2D eigenvalue weighted by atomic mass is 32.2. The van der Waals surface area contributed by atoms with Crippen LogP contribution in [0.5, 0.6) is 0 Å². The maximum Gasteiger partial charge on any atom is 0.187 e. The summed E-state index contributed by atoms with van der Waals surface area (Å²) in [6.45, 7) is 7.20. The average molecular weight is 263 g/mol. The molecule has 98 valence electrons. The van der Waals surface area contributed by atoms with Gasteiger partial charge in [-0.3, -0.25) is 4.79 Å². The number of ketones is 1. The fourth-order valence-corrected chi connectivity index (χ4v) is 2.17. The first kappa shape index (κ1) is 14.8. The first-order valence-electron chi connectivity index (χ1n) is 6.22. The van der Waals surface area contributed by atoms with Crippen LogP contribution in [0.3, 0.4) is 0 Å². The van der Waals surface area contributed by atoms with Crippen molar-refractivity contribution in [2.24, 2.45) is 0 Å². The molecule has 0 saturated heterocycles. The van der Waals surface area contributed by atoms with Crippen LogP contribution in [0, 0.1) is 0 Å². The maximum absolute atomic E-state index is 11.9. The molecule has 0 radical (unpaired) electrons. The lowest BCUT2D eigenvalue weighted by Gasteiger charge is -2.07. The molecule has 0 bridgehead atoms. The molecule has 0 aliphatic rings. The van der Waals surface area contributed by atoms with Gasteiger partial charge >= 0.3 is 0 Å². The third-order valence-electron chi connectivity index (χ3n) is 2.36. The predicted octanol–water partition coefficient (Wildman–Crippen LogP) is 3.50. The lowest BCUT2D eigenvalue weighted by Crippen LogP contribution is -2.16. The van der Waals surface area contributed by atoms with E-state index in [1.807, 2.05) is 49.0 Å². The van der Waals surface area contributed by atoms with Gasteiger partial charge < -0.3 is 5.32 Å². The molecular weight excluding hydrogens is 242 g/mol. The van der Waals surface area contributed by atoms with E-state index in [-0.39, 0.29) is 5.78 Å². The summed E-state index contributed by atoms with van der Waals surface area (Å²) in [5.41, 5.74) is 1.66. The van der Waals surface area contributed by atoms with Crippen molar-refractivity contribution < 1.29 is 4.79 Å². The predicted molar refractivity (Wildman–Crippen MR) is 80.1 cm³/mol. The second-order valence-electron chi connectivity index (χ2n) is 4.40. The molecule has 0 aliphatic carbocycles. The fraction of sp³-hybridized carbons (Fsp3) is 0.400. The van der Waals surface area contributed by atoms with Crippen molar-refractivity contribution in [3.8, 4) is 0 Å². The number of carbonyl (C=O) groups is 1. The van der Waals surface area contributed by atoms with Crippen molar-refractivity contribution in [1.82, 2.24) is 5.32 Å². The van der Waals surface area contributed by atoms with Crippen LogP contribution in [0.2, 0.25) is 0 Å². The Kier molecular flexibility index (Phi) is 6.58. The molecular formula is C15H21NOS. The van der Waals surface area contributed by atoms with Crippen LogP contribution in [0.15, 0.2) is 42.1 Å². The molecule has 1 aromatic rings. The van der Waals surface area contributed by atoms with Crippen LogP contribution < -0.4 is 5.32 Å². The zero-order valence-electron chi connectivity index (χ0n) is 11.3. The number of nitrogens with one attached hydrogen (secondary N) is 1. The average Bonchev–Trinajstić information content (AvgIpc) is 2.35. The molecule has 0 aliphatic heterocycles. The van der Waals surface area contributed by atoms with Gasteiger partial charge in [-0.25, -0.2) is 0 Å². The molecule has 0 saturated carbocycles. The summed E-state index contributed by atoms with van der Waals surface area (Å²) < 4.78 is 0. The van der Waals surface area contributed by atoms with Crippen LogP contribution in [-0.2, 0) is 0 Å². The van der Waals surface area contributed by atoms with E-state index in [4.69, 9.17) is 0 Å². The monoisotopic (exact) mass is 263 g/mol. The molecule has 1 aromatic carbocycles. The molecule has 0 spiro atoms. The van der Waals surface area contributed by atoms with Crippen molar-refractivity contribution in [3.63, 3.8) is 0 Å². The van der Waals surface area contributed by atoms with Crippen molar-refractivity contribution in [3.05, 3.63) is 47.7 Å². The van der Waals surface area contributed by atoms with Gasteiger partial charge in [0, 0.05) is 29.6 Å². The standard InChI is InChI=1S/C15H21NOS/c1-12(2)18-10-9-16-13(3)11-15(17)14-7-5-4-6-8-14/h4-8,11-12,16H,9-10H2,1-3H3. The van der Waals surface area contributed by atoms with E-state index in [1.165, 1.54) is 0 Å². The number of hydrogen-bond acceptors (Lipinski definition) is 3. The molecule has 0 heterocycles. The minimum atomic E-state index is 0.0529. The van der Waals surface area contributed by atoms with Gasteiger partial charge in [-0.05, 0) is 12.2 Å². The van der Waals surface area contributed by atoms with Gasteiger partial charge in [0.1, 0.15) is 0 Å². The third kappa shape index (κ3) is 5.92. The number of allylic oxidation sites excluding steroid dienone is 2. The summed E-state index contributed by atoms with van der Waals surface area (Å²) in [5, 5.41) is 3.91. The van der Waals surface area contributed by atoms with E-state index in [0.29, 0.717) is 5.25 Å². The summed E-state index contributed by atoms with van der Waals surface area (Å²) in [6.07, 6.45) is 1.66. The van der Waals surface area contributed by atoms with E-state index in [0.717, 1.165) is 23.6 Å². The van der Waals surface area contributed by atoms with Gasteiger partial charge in [-0.15, -0.1) is 0 Å². The normalized spacial score (nSPS) is 11.7. The highest BCUT2D eigenvalue weighted by Gasteiger charge is 2.01. The zero-order valence-corrected chi connectivity index (χ0v) is 12.1. The van der Waals surface area contributed by atoms with Gasteiger partial charge in [0.15, 0.2) is 5.78 Å². The van der Waals surface area contributed by atoms with Gasteiger partial charge in [0.2, 0.25) is 0 Å². The first-order valence-corrected chi connectivity index (χ1v) is 7.27. The summed E-state index contributed by atoms with van der Waals surface area (Å²) in [5.74, 6) is 1.11. The molecule has 0 atom stereocenters. The lowest BCUT2D eigenvalue weighted by atomic mass is 10.1. The van der Waals surface area contributed by atoms with Gasteiger partial charge in [0.05, 0.1) is 0 Å². The summed E-state index contributed by atoms with van der Waals surface area (Å²) in [4.78, 5) is 11.9. The smallest absolute Gasteiger partial charge is 0.187 e. The van der Waals surface area contributed by atoms with Gasteiger partial charge in [-0.1, -0.05) is 44.2 Å². The quantitative estimate of drug-likeness (QED) is 0.464.